The summed E-state index contributed by atoms with van der Waals surface area (Å²) in [5.74, 6) is 1.77. The Labute approximate surface area is 165 Å². The van der Waals surface area contributed by atoms with Crippen LogP contribution in [0.2, 0.25) is 0 Å². The number of amides is 1. The summed E-state index contributed by atoms with van der Waals surface area (Å²) in [4.78, 5) is 21.2. The molecule has 1 aromatic heterocycles. The van der Waals surface area contributed by atoms with Gasteiger partial charge in [-0.05, 0) is 49.6 Å². The van der Waals surface area contributed by atoms with Gasteiger partial charge in [-0.15, -0.1) is 0 Å². The molecule has 6 nitrogen and oxygen atoms in total. The largest absolute Gasteiger partial charge is 0.497 e. The third-order valence-electron chi connectivity index (χ3n) is 4.34. The van der Waals surface area contributed by atoms with E-state index in [1.807, 2.05) is 55.5 Å². The molecule has 0 bridgehead atoms. The van der Waals surface area contributed by atoms with Crippen molar-refractivity contribution in [2.45, 2.75) is 20.3 Å². The van der Waals surface area contributed by atoms with Crippen LogP contribution in [-0.2, 0) is 6.42 Å². The van der Waals surface area contributed by atoms with Crippen LogP contribution in [-0.4, -0.2) is 29.5 Å². The Bertz CT molecular complexity index is 955. The third-order valence-corrected chi connectivity index (χ3v) is 4.34. The van der Waals surface area contributed by atoms with Gasteiger partial charge in [0, 0.05) is 18.3 Å². The molecule has 2 aromatic carbocycles. The molecular weight excluding hydrogens is 352 g/mol. The molecule has 2 N–H and O–H groups in total. The third kappa shape index (κ3) is 5.07. The smallest absolute Gasteiger partial charge is 0.274 e. The van der Waals surface area contributed by atoms with E-state index in [-0.39, 0.29) is 5.91 Å². The molecule has 0 unspecified atom stereocenters. The summed E-state index contributed by atoms with van der Waals surface area (Å²) in [6.45, 7) is 4.42. The lowest BCUT2D eigenvalue weighted by atomic mass is 10.1. The maximum Gasteiger partial charge on any atom is 0.274 e. The highest BCUT2D eigenvalue weighted by Gasteiger charge is 2.12. The number of methoxy groups -OCH3 is 1. The number of rotatable bonds is 7. The lowest BCUT2D eigenvalue weighted by molar-refractivity contribution is 0.102. The molecule has 0 saturated carbocycles. The van der Waals surface area contributed by atoms with Gasteiger partial charge in [0.25, 0.3) is 5.91 Å². The second-order valence-electron chi connectivity index (χ2n) is 6.48. The first-order valence-corrected chi connectivity index (χ1v) is 9.14. The zero-order valence-electron chi connectivity index (χ0n) is 16.3. The van der Waals surface area contributed by atoms with Crippen LogP contribution in [0.1, 0.15) is 27.4 Å². The highest BCUT2D eigenvalue weighted by atomic mass is 16.5. The average molecular weight is 376 g/mol. The fourth-order valence-electron chi connectivity index (χ4n) is 2.80. The number of ether oxygens (including phenoxy) is 1. The molecule has 1 heterocycles. The Balaban J connectivity index is 1.63. The zero-order valence-corrected chi connectivity index (χ0v) is 16.3. The molecule has 1 amide bonds. The Hall–Kier alpha value is -3.41. The summed E-state index contributed by atoms with van der Waals surface area (Å²) in [5, 5.41) is 6.18. The van der Waals surface area contributed by atoms with Crippen molar-refractivity contribution in [3.8, 4) is 5.75 Å². The molecular formula is C22H24N4O2. The van der Waals surface area contributed by atoms with Gasteiger partial charge in [-0.3, -0.25) is 4.79 Å². The van der Waals surface area contributed by atoms with Gasteiger partial charge >= 0.3 is 0 Å². The van der Waals surface area contributed by atoms with Crippen LogP contribution in [0.5, 0.6) is 5.75 Å². The summed E-state index contributed by atoms with van der Waals surface area (Å²) >= 11 is 0. The SMILES string of the molecule is COc1ccc(CCNc2cc(C(=O)Nc3ccccc3C)nc(C)n2)cc1. The first kappa shape index (κ1) is 19.4. The second-order valence-corrected chi connectivity index (χ2v) is 6.48. The van der Waals surface area contributed by atoms with Crippen LogP contribution in [0.25, 0.3) is 0 Å². The van der Waals surface area contributed by atoms with Crippen molar-refractivity contribution in [1.29, 1.82) is 0 Å². The minimum absolute atomic E-state index is 0.252. The molecule has 0 fully saturated rings. The molecule has 3 rings (SSSR count). The first-order valence-electron chi connectivity index (χ1n) is 9.14. The van der Waals surface area contributed by atoms with Gasteiger partial charge in [-0.25, -0.2) is 9.97 Å². The molecule has 144 valence electrons. The molecule has 3 aromatic rings. The van der Waals surface area contributed by atoms with Gasteiger partial charge in [-0.1, -0.05) is 30.3 Å². The van der Waals surface area contributed by atoms with Gasteiger partial charge in [0.05, 0.1) is 7.11 Å². The van der Waals surface area contributed by atoms with Gasteiger partial charge in [0.15, 0.2) is 0 Å². The van der Waals surface area contributed by atoms with E-state index in [0.29, 0.717) is 23.9 Å². The molecule has 0 atom stereocenters. The summed E-state index contributed by atoms with van der Waals surface area (Å²) in [5.41, 5.74) is 3.30. The number of hydrogen-bond donors (Lipinski definition) is 2. The van der Waals surface area contributed by atoms with E-state index in [2.05, 4.69) is 20.6 Å². The van der Waals surface area contributed by atoms with Crippen LogP contribution < -0.4 is 15.4 Å². The van der Waals surface area contributed by atoms with Crippen LogP contribution in [0, 0.1) is 13.8 Å². The van der Waals surface area contributed by atoms with Gasteiger partial charge in [0.1, 0.15) is 23.1 Å². The highest BCUT2D eigenvalue weighted by molar-refractivity contribution is 6.03. The van der Waals surface area contributed by atoms with Crippen LogP contribution in [0.3, 0.4) is 0 Å². The predicted octanol–water partition coefficient (Wildman–Crippen LogP) is 4.01. The van der Waals surface area contributed by atoms with Crippen LogP contribution >= 0.6 is 0 Å². The number of aryl methyl sites for hydroxylation is 2. The highest BCUT2D eigenvalue weighted by Crippen LogP contribution is 2.16. The first-order chi connectivity index (χ1) is 13.5. The van der Waals surface area contributed by atoms with Gasteiger partial charge in [0.2, 0.25) is 0 Å². The Morgan fingerprint density at radius 3 is 2.50 bits per heavy atom. The molecule has 6 heteroatoms. The minimum Gasteiger partial charge on any atom is -0.497 e. The standard InChI is InChI=1S/C22H24N4O2/c1-15-6-4-5-7-19(15)26-22(27)20-14-21(25-16(2)24-20)23-13-12-17-8-10-18(28-3)11-9-17/h4-11,14H,12-13H2,1-3H3,(H,26,27)(H,23,24,25). The van der Waals surface area contributed by atoms with Gasteiger partial charge in [-0.2, -0.15) is 0 Å². The number of nitrogens with one attached hydrogen (secondary N) is 2. The Morgan fingerprint density at radius 1 is 1.04 bits per heavy atom. The molecule has 0 radical (unpaired) electrons. The number of benzene rings is 2. The average Bonchev–Trinajstić information content (AvgIpc) is 2.70. The van der Waals surface area contributed by atoms with E-state index >= 15 is 0 Å². The number of aromatic nitrogens is 2. The molecule has 0 saturated heterocycles. The van der Waals surface area contributed by atoms with Crippen molar-refractivity contribution in [1.82, 2.24) is 9.97 Å². The van der Waals surface area contributed by atoms with E-state index in [1.165, 1.54) is 5.56 Å². The van der Waals surface area contributed by atoms with Crippen molar-refractivity contribution < 1.29 is 9.53 Å². The van der Waals surface area contributed by atoms with Crippen LogP contribution in [0.15, 0.2) is 54.6 Å². The van der Waals surface area contributed by atoms with Crippen molar-refractivity contribution in [2.75, 3.05) is 24.3 Å². The fourth-order valence-corrected chi connectivity index (χ4v) is 2.80. The molecule has 28 heavy (non-hydrogen) atoms. The minimum atomic E-state index is -0.252. The summed E-state index contributed by atoms with van der Waals surface area (Å²) in [6, 6.07) is 17.3. The quantitative estimate of drug-likeness (QED) is 0.652. The van der Waals surface area contributed by atoms with E-state index in [4.69, 9.17) is 4.74 Å². The monoisotopic (exact) mass is 376 g/mol. The van der Waals surface area contributed by atoms with E-state index < -0.39 is 0 Å². The number of anilines is 2. The molecule has 0 spiro atoms. The second kappa shape index (κ2) is 8.99. The van der Waals surface area contributed by atoms with E-state index in [9.17, 15) is 4.79 Å². The lowest BCUT2D eigenvalue weighted by Crippen LogP contribution is -2.17. The normalized spacial score (nSPS) is 10.4. The molecule has 0 aliphatic heterocycles. The fraction of sp³-hybridized carbons (Fsp3) is 0.227. The molecule has 0 aliphatic carbocycles. The Kier molecular flexibility index (Phi) is 6.22. The van der Waals surface area contributed by atoms with Gasteiger partial charge < -0.3 is 15.4 Å². The number of nitrogens with zero attached hydrogens (tertiary/aromatic N) is 2. The number of carbonyl (C=O) groups is 1. The topological polar surface area (TPSA) is 76.1 Å². The maximum absolute atomic E-state index is 12.6. The van der Waals surface area contributed by atoms with E-state index in [1.54, 1.807) is 20.1 Å². The molecule has 0 aliphatic rings. The van der Waals surface area contributed by atoms with Crippen LogP contribution in [0.4, 0.5) is 11.5 Å². The summed E-state index contributed by atoms with van der Waals surface area (Å²) in [7, 11) is 1.65. The van der Waals surface area contributed by atoms with E-state index in [0.717, 1.165) is 23.4 Å². The van der Waals surface area contributed by atoms with Crippen molar-refractivity contribution in [2.24, 2.45) is 0 Å². The Morgan fingerprint density at radius 2 is 1.79 bits per heavy atom. The summed E-state index contributed by atoms with van der Waals surface area (Å²) < 4.78 is 5.17. The predicted molar refractivity (Wildman–Crippen MR) is 111 cm³/mol. The number of para-hydroxylation sites is 1. The van der Waals surface area contributed by atoms with Crippen molar-refractivity contribution in [3.05, 3.63) is 77.2 Å². The van der Waals surface area contributed by atoms with Crippen molar-refractivity contribution in [3.63, 3.8) is 0 Å². The lowest BCUT2D eigenvalue weighted by Gasteiger charge is -2.10. The zero-order chi connectivity index (χ0) is 19.9. The number of hydrogen-bond acceptors (Lipinski definition) is 5. The van der Waals surface area contributed by atoms with Crippen molar-refractivity contribution >= 4 is 17.4 Å². The maximum atomic E-state index is 12.6. The number of carbonyl (C=O) groups excluding carboxylic acids is 1. The summed E-state index contributed by atoms with van der Waals surface area (Å²) in [6.07, 6.45) is 0.831.